The Balaban J connectivity index is 2.02. The number of aromatic nitrogens is 2. The first-order chi connectivity index (χ1) is 10.8. The number of carbonyl (C=O) groups excluding carboxylic acids is 1. The van der Waals surface area contributed by atoms with Gasteiger partial charge in [0.1, 0.15) is 22.9 Å². The summed E-state index contributed by atoms with van der Waals surface area (Å²) >= 11 is 6.12. The van der Waals surface area contributed by atoms with Crippen molar-refractivity contribution >= 4 is 23.5 Å². The molecule has 1 atom stereocenters. The van der Waals surface area contributed by atoms with Crippen molar-refractivity contribution in [1.82, 2.24) is 14.9 Å². The highest BCUT2D eigenvalue weighted by Crippen LogP contribution is 2.23. The van der Waals surface area contributed by atoms with Crippen LogP contribution in [0.15, 0.2) is 6.33 Å². The Morgan fingerprint density at radius 3 is 2.87 bits per heavy atom. The molecule has 1 aliphatic heterocycles. The summed E-state index contributed by atoms with van der Waals surface area (Å²) in [6, 6.07) is 0.132. The molecule has 128 valence electrons. The molecule has 0 saturated carbocycles. The van der Waals surface area contributed by atoms with Gasteiger partial charge in [0.05, 0.1) is 0 Å². The van der Waals surface area contributed by atoms with Gasteiger partial charge in [0.2, 0.25) is 0 Å². The first kappa shape index (κ1) is 17.8. The van der Waals surface area contributed by atoms with E-state index in [1.165, 1.54) is 6.33 Å². The number of carbonyl (C=O) groups is 1. The summed E-state index contributed by atoms with van der Waals surface area (Å²) < 4.78 is 5.45. The molecule has 1 aromatic rings. The molecule has 0 bridgehead atoms. The van der Waals surface area contributed by atoms with Crippen molar-refractivity contribution < 1.29 is 9.53 Å². The lowest BCUT2D eigenvalue weighted by Gasteiger charge is -2.34. The number of hydrogen-bond acceptors (Lipinski definition) is 5. The van der Waals surface area contributed by atoms with Crippen LogP contribution in [0.5, 0.6) is 0 Å². The molecule has 0 spiro atoms. The van der Waals surface area contributed by atoms with Crippen molar-refractivity contribution in [2.45, 2.75) is 58.6 Å². The summed E-state index contributed by atoms with van der Waals surface area (Å²) in [5.41, 5.74) is 0.427. The second-order valence-corrected chi connectivity index (χ2v) is 7.11. The quantitative estimate of drug-likeness (QED) is 0.853. The van der Waals surface area contributed by atoms with Crippen molar-refractivity contribution in [3.63, 3.8) is 0 Å². The summed E-state index contributed by atoms with van der Waals surface area (Å²) in [4.78, 5) is 22.3. The Bertz CT molecular complexity index is 560. The fourth-order valence-corrected chi connectivity index (χ4v) is 2.88. The highest BCUT2D eigenvalue weighted by Gasteiger charge is 2.28. The monoisotopic (exact) mass is 340 g/mol. The van der Waals surface area contributed by atoms with E-state index < -0.39 is 5.60 Å². The number of likely N-dealkylation sites (tertiary alicyclic amines) is 1. The van der Waals surface area contributed by atoms with Gasteiger partial charge >= 0.3 is 6.09 Å². The number of halogens is 1. The first-order valence-corrected chi connectivity index (χ1v) is 8.41. The Labute approximate surface area is 142 Å². The number of anilines is 1. The molecule has 23 heavy (non-hydrogen) atoms. The molecule has 0 aromatic carbocycles. The summed E-state index contributed by atoms with van der Waals surface area (Å²) in [7, 11) is 0. The van der Waals surface area contributed by atoms with Crippen LogP contribution in [0, 0.1) is 0 Å². The fourth-order valence-electron chi connectivity index (χ4n) is 2.61. The summed E-state index contributed by atoms with van der Waals surface area (Å²) in [6.07, 6.45) is 3.85. The van der Waals surface area contributed by atoms with Crippen LogP contribution in [-0.4, -0.2) is 45.7 Å². The molecule has 1 aliphatic rings. The highest BCUT2D eigenvalue weighted by atomic mass is 35.5. The van der Waals surface area contributed by atoms with E-state index in [9.17, 15) is 4.79 Å². The van der Waals surface area contributed by atoms with Gasteiger partial charge in [-0.3, -0.25) is 0 Å². The molecule has 1 amide bonds. The summed E-state index contributed by atoms with van der Waals surface area (Å²) in [6.45, 7) is 8.96. The number of rotatable bonds is 3. The predicted octanol–water partition coefficient (Wildman–Crippen LogP) is 3.50. The number of nitrogens with zero attached hydrogens (tertiary/aromatic N) is 3. The van der Waals surface area contributed by atoms with E-state index in [0.29, 0.717) is 11.7 Å². The number of nitrogens with one attached hydrogen (secondary N) is 1. The van der Waals surface area contributed by atoms with E-state index in [-0.39, 0.29) is 12.1 Å². The summed E-state index contributed by atoms with van der Waals surface area (Å²) in [5.74, 6) is 0.753. The molecule has 0 aliphatic carbocycles. The molecular weight excluding hydrogens is 316 g/mol. The lowest BCUT2D eigenvalue weighted by Crippen LogP contribution is -2.47. The second-order valence-electron chi connectivity index (χ2n) is 6.76. The molecule has 1 fully saturated rings. The van der Waals surface area contributed by atoms with Crippen molar-refractivity contribution in [2.75, 3.05) is 18.4 Å². The number of piperidine rings is 1. The minimum absolute atomic E-state index is 0.132. The van der Waals surface area contributed by atoms with Gasteiger partial charge in [-0.05, 0) is 40.0 Å². The maximum absolute atomic E-state index is 12.2. The zero-order valence-corrected chi connectivity index (χ0v) is 15.0. The van der Waals surface area contributed by atoms with Gasteiger partial charge in [0.25, 0.3) is 0 Å². The van der Waals surface area contributed by atoms with Crippen LogP contribution < -0.4 is 5.32 Å². The molecule has 1 unspecified atom stereocenters. The molecule has 0 radical (unpaired) electrons. The van der Waals surface area contributed by atoms with E-state index in [0.717, 1.165) is 37.2 Å². The largest absolute Gasteiger partial charge is 0.444 e. The topological polar surface area (TPSA) is 67.4 Å². The average molecular weight is 341 g/mol. The lowest BCUT2D eigenvalue weighted by atomic mass is 10.1. The maximum atomic E-state index is 12.2. The molecular formula is C16H25ClN4O2. The Morgan fingerprint density at radius 1 is 1.48 bits per heavy atom. The zero-order chi connectivity index (χ0) is 17.0. The molecule has 1 N–H and O–H groups in total. The Kier molecular flexibility index (Phi) is 5.68. The second kappa shape index (κ2) is 7.34. The first-order valence-electron chi connectivity index (χ1n) is 8.04. The molecule has 6 nitrogen and oxygen atoms in total. The van der Waals surface area contributed by atoms with Gasteiger partial charge in [-0.15, -0.1) is 0 Å². The highest BCUT2D eigenvalue weighted by molar-refractivity contribution is 6.30. The Hall–Kier alpha value is -1.56. The zero-order valence-electron chi connectivity index (χ0n) is 14.2. The third-order valence-electron chi connectivity index (χ3n) is 3.66. The van der Waals surface area contributed by atoms with Gasteiger partial charge in [-0.2, -0.15) is 0 Å². The predicted molar refractivity (Wildman–Crippen MR) is 90.9 cm³/mol. The standard InChI is InChI=1S/C16H25ClN4O2/c1-5-12-13(17)18-10-19-14(12)20-11-7-6-8-21(9-11)15(22)23-16(2,3)4/h10-11H,5-9H2,1-4H3,(H,18,19,20). The molecule has 7 heteroatoms. The minimum atomic E-state index is -0.479. The number of ether oxygens (including phenoxy) is 1. The van der Waals surface area contributed by atoms with E-state index in [1.54, 1.807) is 4.90 Å². The van der Waals surface area contributed by atoms with Gasteiger partial charge in [-0.25, -0.2) is 14.8 Å². The third-order valence-corrected chi connectivity index (χ3v) is 3.99. The lowest BCUT2D eigenvalue weighted by molar-refractivity contribution is 0.0206. The van der Waals surface area contributed by atoms with Gasteiger partial charge in [0.15, 0.2) is 0 Å². The van der Waals surface area contributed by atoms with Gasteiger partial charge < -0.3 is 15.0 Å². The smallest absolute Gasteiger partial charge is 0.410 e. The minimum Gasteiger partial charge on any atom is -0.444 e. The van der Waals surface area contributed by atoms with Crippen molar-refractivity contribution in [2.24, 2.45) is 0 Å². The normalized spacial score (nSPS) is 18.7. The molecule has 1 aromatic heterocycles. The van der Waals surface area contributed by atoms with Crippen molar-refractivity contribution in [3.8, 4) is 0 Å². The molecule has 2 heterocycles. The van der Waals surface area contributed by atoms with Crippen LogP contribution in [0.3, 0.4) is 0 Å². The van der Waals surface area contributed by atoms with Crippen LogP contribution in [-0.2, 0) is 11.2 Å². The number of amides is 1. The van der Waals surface area contributed by atoms with Crippen LogP contribution in [0.1, 0.15) is 46.1 Å². The van der Waals surface area contributed by atoms with Crippen LogP contribution in [0.4, 0.5) is 10.6 Å². The van der Waals surface area contributed by atoms with Gasteiger partial charge in [0, 0.05) is 24.7 Å². The third kappa shape index (κ3) is 4.96. The van der Waals surface area contributed by atoms with Crippen LogP contribution >= 0.6 is 11.6 Å². The maximum Gasteiger partial charge on any atom is 0.410 e. The van der Waals surface area contributed by atoms with E-state index in [4.69, 9.17) is 16.3 Å². The van der Waals surface area contributed by atoms with E-state index >= 15 is 0 Å². The van der Waals surface area contributed by atoms with Crippen LogP contribution in [0.25, 0.3) is 0 Å². The number of hydrogen-bond donors (Lipinski definition) is 1. The van der Waals surface area contributed by atoms with E-state index in [1.807, 2.05) is 27.7 Å². The fraction of sp³-hybridized carbons (Fsp3) is 0.688. The average Bonchev–Trinajstić information content (AvgIpc) is 2.46. The van der Waals surface area contributed by atoms with Crippen molar-refractivity contribution in [1.29, 1.82) is 0 Å². The SMILES string of the molecule is CCc1c(Cl)ncnc1NC1CCCN(C(=O)OC(C)(C)C)C1. The van der Waals surface area contributed by atoms with Gasteiger partial charge in [-0.1, -0.05) is 18.5 Å². The van der Waals surface area contributed by atoms with Crippen molar-refractivity contribution in [3.05, 3.63) is 17.0 Å². The molecule has 1 saturated heterocycles. The van der Waals surface area contributed by atoms with Crippen LogP contribution in [0.2, 0.25) is 5.15 Å². The molecule has 2 rings (SSSR count). The summed E-state index contributed by atoms with van der Waals surface area (Å²) in [5, 5.41) is 3.88. The Morgan fingerprint density at radius 2 is 2.22 bits per heavy atom. The van der Waals surface area contributed by atoms with E-state index in [2.05, 4.69) is 15.3 Å².